The molecule has 0 aliphatic rings. The third kappa shape index (κ3) is 3.82. The van der Waals surface area contributed by atoms with E-state index in [1.54, 1.807) is 14.2 Å². The number of aromatic nitrogens is 1. The Morgan fingerprint density at radius 3 is 2.65 bits per heavy atom. The summed E-state index contributed by atoms with van der Waals surface area (Å²) in [4.78, 5) is 12.4. The van der Waals surface area contributed by atoms with Crippen molar-refractivity contribution < 1.29 is 14.3 Å². The van der Waals surface area contributed by atoms with Crippen LogP contribution in [0, 0.1) is 0 Å². The highest BCUT2D eigenvalue weighted by atomic mass is 16.5. The number of amides is 1. The second-order valence-electron chi connectivity index (χ2n) is 6.24. The Morgan fingerprint density at radius 1 is 1.08 bits per heavy atom. The van der Waals surface area contributed by atoms with E-state index in [2.05, 4.69) is 22.0 Å². The Balaban J connectivity index is 1.61. The molecule has 0 unspecified atom stereocenters. The van der Waals surface area contributed by atoms with Gasteiger partial charge in [-0.2, -0.15) is 0 Å². The molecule has 0 aliphatic carbocycles. The zero-order valence-corrected chi connectivity index (χ0v) is 15.4. The zero-order valence-electron chi connectivity index (χ0n) is 15.4. The molecule has 1 heterocycles. The first kappa shape index (κ1) is 17.9. The topological polar surface area (TPSA) is 52.5 Å². The lowest BCUT2D eigenvalue weighted by atomic mass is 10.1. The molecule has 26 heavy (non-hydrogen) atoms. The second-order valence-corrected chi connectivity index (χ2v) is 6.24. The quantitative estimate of drug-likeness (QED) is 0.711. The van der Waals surface area contributed by atoms with Crippen LogP contribution in [-0.2, 0) is 24.7 Å². The largest absolute Gasteiger partial charge is 0.497 e. The summed E-state index contributed by atoms with van der Waals surface area (Å²) in [6.45, 7) is 0.549. The fraction of sp³-hybridized carbons (Fsp3) is 0.286. The van der Waals surface area contributed by atoms with E-state index in [1.807, 2.05) is 43.6 Å². The van der Waals surface area contributed by atoms with E-state index >= 15 is 0 Å². The van der Waals surface area contributed by atoms with Crippen molar-refractivity contribution in [2.75, 3.05) is 20.8 Å². The molecule has 0 bridgehead atoms. The molecule has 136 valence electrons. The van der Waals surface area contributed by atoms with Crippen LogP contribution in [0.15, 0.2) is 48.7 Å². The van der Waals surface area contributed by atoms with Gasteiger partial charge in [0.05, 0.1) is 20.6 Å². The van der Waals surface area contributed by atoms with Crippen molar-refractivity contribution in [2.45, 2.75) is 12.8 Å². The molecule has 1 amide bonds. The van der Waals surface area contributed by atoms with Crippen LogP contribution in [0.1, 0.15) is 11.1 Å². The Morgan fingerprint density at radius 2 is 1.88 bits per heavy atom. The highest BCUT2D eigenvalue weighted by Gasteiger charge is 2.11. The molecular formula is C21H24N2O3. The number of rotatable bonds is 7. The smallest absolute Gasteiger partial charge is 0.224 e. The lowest BCUT2D eigenvalue weighted by molar-refractivity contribution is -0.120. The van der Waals surface area contributed by atoms with Crippen LogP contribution >= 0.6 is 0 Å². The van der Waals surface area contributed by atoms with Crippen LogP contribution in [0.5, 0.6) is 11.5 Å². The number of para-hydroxylation sites is 1. The van der Waals surface area contributed by atoms with Gasteiger partial charge in [-0.15, -0.1) is 0 Å². The Kier molecular flexibility index (Phi) is 5.46. The number of aryl methyl sites for hydroxylation is 1. The summed E-state index contributed by atoms with van der Waals surface area (Å²) in [5.74, 6) is 1.60. The summed E-state index contributed by atoms with van der Waals surface area (Å²) < 4.78 is 12.7. The van der Waals surface area contributed by atoms with Gasteiger partial charge in [-0.1, -0.05) is 18.2 Å². The summed E-state index contributed by atoms with van der Waals surface area (Å²) in [7, 11) is 5.28. The molecule has 0 saturated heterocycles. The van der Waals surface area contributed by atoms with Crippen LogP contribution in [-0.4, -0.2) is 31.2 Å². The van der Waals surface area contributed by atoms with E-state index in [0.717, 1.165) is 33.5 Å². The molecule has 0 aliphatic heterocycles. The molecule has 0 saturated carbocycles. The van der Waals surface area contributed by atoms with Crippen LogP contribution in [0.3, 0.4) is 0 Å². The molecule has 0 spiro atoms. The first-order valence-electron chi connectivity index (χ1n) is 8.63. The molecule has 0 atom stereocenters. The van der Waals surface area contributed by atoms with Gasteiger partial charge in [-0.3, -0.25) is 4.79 Å². The van der Waals surface area contributed by atoms with E-state index in [4.69, 9.17) is 9.47 Å². The average molecular weight is 352 g/mol. The van der Waals surface area contributed by atoms with Gasteiger partial charge in [0.25, 0.3) is 0 Å². The van der Waals surface area contributed by atoms with Crippen LogP contribution < -0.4 is 14.8 Å². The molecule has 5 heteroatoms. The van der Waals surface area contributed by atoms with Crippen LogP contribution in [0.2, 0.25) is 0 Å². The van der Waals surface area contributed by atoms with E-state index in [-0.39, 0.29) is 5.91 Å². The number of methoxy groups -OCH3 is 2. The van der Waals surface area contributed by atoms with Gasteiger partial charge in [0.2, 0.25) is 5.91 Å². The number of carbonyl (C=O) groups excluding carboxylic acids is 1. The Bertz CT molecular complexity index is 915. The van der Waals surface area contributed by atoms with Crippen molar-refractivity contribution in [3.8, 4) is 11.5 Å². The molecule has 0 radical (unpaired) electrons. The number of ether oxygens (including phenoxy) is 2. The third-order valence-electron chi connectivity index (χ3n) is 4.53. The minimum atomic E-state index is 0.0169. The van der Waals surface area contributed by atoms with E-state index < -0.39 is 0 Å². The van der Waals surface area contributed by atoms with E-state index in [0.29, 0.717) is 19.4 Å². The predicted octanol–water partition coefficient (Wildman–Crippen LogP) is 3.10. The number of fused-ring (bicyclic) bond motifs is 1. The molecule has 1 aromatic heterocycles. The maximum Gasteiger partial charge on any atom is 0.224 e. The summed E-state index contributed by atoms with van der Waals surface area (Å²) >= 11 is 0. The average Bonchev–Trinajstić information content (AvgIpc) is 2.97. The fourth-order valence-electron chi connectivity index (χ4n) is 3.22. The predicted molar refractivity (Wildman–Crippen MR) is 103 cm³/mol. The van der Waals surface area contributed by atoms with Crippen molar-refractivity contribution in [3.63, 3.8) is 0 Å². The minimum Gasteiger partial charge on any atom is -0.497 e. The van der Waals surface area contributed by atoms with Crippen molar-refractivity contribution in [1.82, 2.24) is 9.88 Å². The number of benzene rings is 2. The molecule has 2 aromatic carbocycles. The number of hydrogen-bond donors (Lipinski definition) is 1. The van der Waals surface area contributed by atoms with Crippen LogP contribution in [0.4, 0.5) is 0 Å². The first-order chi connectivity index (χ1) is 12.6. The first-order valence-corrected chi connectivity index (χ1v) is 8.63. The maximum absolute atomic E-state index is 12.4. The van der Waals surface area contributed by atoms with Gasteiger partial charge < -0.3 is 19.4 Å². The van der Waals surface area contributed by atoms with E-state index in [1.165, 1.54) is 0 Å². The summed E-state index contributed by atoms with van der Waals surface area (Å²) in [5, 5.41) is 4.12. The van der Waals surface area contributed by atoms with Crippen molar-refractivity contribution in [3.05, 3.63) is 59.8 Å². The Hall–Kier alpha value is -2.95. The summed E-state index contributed by atoms with van der Waals surface area (Å²) in [6.07, 6.45) is 3.08. The molecule has 3 aromatic rings. The number of carbonyl (C=O) groups is 1. The minimum absolute atomic E-state index is 0.0169. The summed E-state index contributed by atoms with van der Waals surface area (Å²) in [6, 6.07) is 13.8. The standard InChI is InChI=1S/C21H24N2O3/c1-23-14-16(18-6-4-5-7-19(18)23)13-21(24)22-11-10-15-12-17(25-2)8-9-20(15)26-3/h4-9,12,14H,10-11,13H2,1-3H3,(H,22,24). The number of hydrogen-bond acceptors (Lipinski definition) is 3. The zero-order chi connectivity index (χ0) is 18.5. The molecule has 0 fully saturated rings. The summed E-state index contributed by atoms with van der Waals surface area (Å²) in [5.41, 5.74) is 3.19. The van der Waals surface area contributed by atoms with Gasteiger partial charge in [-0.25, -0.2) is 0 Å². The lowest BCUT2D eigenvalue weighted by Gasteiger charge is -2.11. The van der Waals surface area contributed by atoms with Gasteiger partial charge in [0.1, 0.15) is 11.5 Å². The number of nitrogens with one attached hydrogen (secondary N) is 1. The third-order valence-corrected chi connectivity index (χ3v) is 4.53. The molecule has 3 rings (SSSR count). The molecule has 5 nitrogen and oxygen atoms in total. The molecular weight excluding hydrogens is 328 g/mol. The fourth-order valence-corrected chi connectivity index (χ4v) is 3.22. The molecule has 1 N–H and O–H groups in total. The van der Waals surface area contributed by atoms with Gasteiger partial charge >= 0.3 is 0 Å². The van der Waals surface area contributed by atoms with Crippen LogP contribution in [0.25, 0.3) is 10.9 Å². The highest BCUT2D eigenvalue weighted by Crippen LogP contribution is 2.24. The monoisotopic (exact) mass is 352 g/mol. The highest BCUT2D eigenvalue weighted by molar-refractivity contribution is 5.89. The Labute approximate surface area is 153 Å². The maximum atomic E-state index is 12.4. The van der Waals surface area contributed by atoms with Crippen molar-refractivity contribution >= 4 is 16.8 Å². The van der Waals surface area contributed by atoms with E-state index in [9.17, 15) is 4.79 Å². The van der Waals surface area contributed by atoms with Gasteiger partial charge in [0.15, 0.2) is 0 Å². The van der Waals surface area contributed by atoms with Crippen molar-refractivity contribution in [1.29, 1.82) is 0 Å². The SMILES string of the molecule is COc1ccc(OC)c(CCNC(=O)Cc2cn(C)c3ccccc23)c1. The second kappa shape index (κ2) is 7.95. The van der Waals surface area contributed by atoms with Gasteiger partial charge in [-0.05, 0) is 41.8 Å². The lowest BCUT2D eigenvalue weighted by Crippen LogP contribution is -2.27. The van der Waals surface area contributed by atoms with Crippen molar-refractivity contribution in [2.24, 2.45) is 7.05 Å². The number of nitrogens with zero attached hydrogens (tertiary/aromatic N) is 1. The normalized spacial score (nSPS) is 10.7. The van der Waals surface area contributed by atoms with Gasteiger partial charge in [0, 0.05) is 30.7 Å².